The van der Waals surface area contributed by atoms with Crippen molar-refractivity contribution in [2.24, 2.45) is 11.7 Å². The number of nitrogens with two attached hydrogens (primary N) is 1. The lowest BCUT2D eigenvalue weighted by Gasteiger charge is -2.23. The van der Waals surface area contributed by atoms with Crippen LogP contribution >= 0.6 is 15.9 Å². The van der Waals surface area contributed by atoms with Crippen LogP contribution in [0.4, 0.5) is 4.39 Å². The topological polar surface area (TPSA) is 38.5 Å². The molecule has 100 valence electrons. The maximum atomic E-state index is 14.1. The highest BCUT2D eigenvalue weighted by Gasteiger charge is 2.34. The molecular formula is C13H18BrFN2O. The molecule has 5 heteroatoms. The summed E-state index contributed by atoms with van der Waals surface area (Å²) in [5, 5.41) is 0. The van der Waals surface area contributed by atoms with Gasteiger partial charge in [-0.2, -0.15) is 0 Å². The van der Waals surface area contributed by atoms with Crippen molar-refractivity contribution in [2.45, 2.75) is 12.5 Å². The van der Waals surface area contributed by atoms with Gasteiger partial charge in [0.2, 0.25) is 0 Å². The Bertz CT molecular complexity index is 441. The second-order valence-electron chi connectivity index (χ2n) is 4.77. The molecule has 1 aliphatic heterocycles. The molecule has 2 unspecified atom stereocenters. The molecule has 0 radical (unpaired) electrons. The van der Waals surface area contributed by atoms with Gasteiger partial charge in [-0.15, -0.1) is 0 Å². The van der Waals surface area contributed by atoms with Gasteiger partial charge >= 0.3 is 0 Å². The zero-order valence-electron chi connectivity index (χ0n) is 10.6. The second kappa shape index (κ2) is 5.55. The molecule has 1 heterocycles. The van der Waals surface area contributed by atoms with E-state index in [0.717, 1.165) is 17.4 Å². The zero-order valence-corrected chi connectivity index (χ0v) is 12.2. The molecule has 1 saturated heterocycles. The van der Waals surface area contributed by atoms with Crippen LogP contribution < -0.4 is 10.5 Å². The first-order chi connectivity index (χ1) is 8.58. The van der Waals surface area contributed by atoms with E-state index in [0.29, 0.717) is 23.8 Å². The van der Waals surface area contributed by atoms with E-state index in [1.165, 1.54) is 6.07 Å². The van der Waals surface area contributed by atoms with E-state index in [1.54, 1.807) is 13.2 Å². The molecule has 0 bridgehead atoms. The third-order valence-corrected chi connectivity index (χ3v) is 4.22. The van der Waals surface area contributed by atoms with Crippen molar-refractivity contribution in [3.63, 3.8) is 0 Å². The average molecular weight is 317 g/mol. The van der Waals surface area contributed by atoms with Crippen molar-refractivity contribution in [1.29, 1.82) is 0 Å². The number of nitrogens with zero attached hydrogens (tertiary/aromatic N) is 1. The minimum atomic E-state index is -0.218. The lowest BCUT2D eigenvalue weighted by atomic mass is 9.98. The number of halogens is 2. The monoisotopic (exact) mass is 316 g/mol. The van der Waals surface area contributed by atoms with Crippen LogP contribution in [0.25, 0.3) is 0 Å². The van der Waals surface area contributed by atoms with Gasteiger partial charge in [-0.1, -0.05) is 0 Å². The minimum Gasteiger partial charge on any atom is -0.495 e. The zero-order chi connectivity index (χ0) is 13.3. The standard InChI is InChI=1S/C13H18BrFN2O/c1-17-7-8(6-16)5-11(17)12-10(15)4-3-9(14)13(12)18-2/h3-4,8,11H,5-7,16H2,1-2H3. The van der Waals surface area contributed by atoms with Crippen LogP contribution in [0.3, 0.4) is 0 Å². The quantitative estimate of drug-likeness (QED) is 0.931. The molecular weight excluding hydrogens is 299 g/mol. The first-order valence-corrected chi connectivity index (χ1v) is 6.80. The fraction of sp³-hybridized carbons (Fsp3) is 0.538. The number of rotatable bonds is 3. The summed E-state index contributed by atoms with van der Waals surface area (Å²) < 4.78 is 20.2. The van der Waals surface area contributed by atoms with E-state index in [-0.39, 0.29) is 11.9 Å². The Morgan fingerprint density at radius 1 is 1.56 bits per heavy atom. The fourth-order valence-corrected chi connectivity index (χ4v) is 3.19. The average Bonchev–Trinajstić information content (AvgIpc) is 2.73. The number of ether oxygens (including phenoxy) is 1. The lowest BCUT2D eigenvalue weighted by molar-refractivity contribution is 0.294. The van der Waals surface area contributed by atoms with E-state index in [9.17, 15) is 4.39 Å². The third-order valence-electron chi connectivity index (χ3n) is 3.60. The number of hydrogen-bond donors (Lipinski definition) is 1. The molecule has 1 aromatic carbocycles. The Kier molecular flexibility index (Phi) is 4.25. The Labute approximate surface area is 115 Å². The minimum absolute atomic E-state index is 0.0333. The molecule has 0 aromatic heterocycles. The molecule has 0 spiro atoms. The van der Waals surface area contributed by atoms with Gasteiger partial charge in [-0.25, -0.2) is 4.39 Å². The second-order valence-corrected chi connectivity index (χ2v) is 5.62. The van der Waals surface area contributed by atoms with Gasteiger partial charge in [0.1, 0.15) is 11.6 Å². The van der Waals surface area contributed by atoms with Crippen molar-refractivity contribution in [3.05, 3.63) is 28.0 Å². The highest BCUT2D eigenvalue weighted by molar-refractivity contribution is 9.10. The van der Waals surface area contributed by atoms with Crippen LogP contribution in [0.5, 0.6) is 5.75 Å². The summed E-state index contributed by atoms with van der Waals surface area (Å²) in [6, 6.07) is 3.18. The molecule has 1 aromatic rings. The predicted molar refractivity (Wildman–Crippen MR) is 73.2 cm³/mol. The largest absolute Gasteiger partial charge is 0.495 e. The smallest absolute Gasteiger partial charge is 0.140 e. The van der Waals surface area contributed by atoms with Crippen molar-refractivity contribution in [3.8, 4) is 5.75 Å². The number of methoxy groups -OCH3 is 1. The van der Waals surface area contributed by atoms with Crippen molar-refractivity contribution >= 4 is 15.9 Å². The van der Waals surface area contributed by atoms with Crippen LogP contribution in [-0.2, 0) is 0 Å². The van der Waals surface area contributed by atoms with Gasteiger partial charge in [0.05, 0.1) is 11.6 Å². The SMILES string of the molecule is COc1c(Br)ccc(F)c1C1CC(CN)CN1C. The van der Waals surface area contributed by atoms with Crippen LogP contribution in [-0.4, -0.2) is 32.1 Å². The van der Waals surface area contributed by atoms with Crippen LogP contribution in [0, 0.1) is 11.7 Å². The van der Waals surface area contributed by atoms with Crippen molar-refractivity contribution in [2.75, 3.05) is 27.2 Å². The van der Waals surface area contributed by atoms with Gasteiger partial charge < -0.3 is 10.5 Å². The highest BCUT2D eigenvalue weighted by Crippen LogP contribution is 2.42. The molecule has 3 nitrogen and oxygen atoms in total. The van der Waals surface area contributed by atoms with E-state index in [4.69, 9.17) is 10.5 Å². The summed E-state index contributed by atoms with van der Waals surface area (Å²) in [5.41, 5.74) is 6.34. The van der Waals surface area contributed by atoms with E-state index >= 15 is 0 Å². The molecule has 2 N–H and O–H groups in total. The van der Waals surface area contributed by atoms with Gasteiger partial charge in [0.15, 0.2) is 0 Å². The van der Waals surface area contributed by atoms with Gasteiger partial charge in [0, 0.05) is 18.2 Å². The number of benzene rings is 1. The Hall–Kier alpha value is -0.650. The highest BCUT2D eigenvalue weighted by atomic mass is 79.9. The number of likely N-dealkylation sites (tertiary alicyclic amines) is 1. The Morgan fingerprint density at radius 2 is 2.28 bits per heavy atom. The maximum Gasteiger partial charge on any atom is 0.140 e. The molecule has 0 saturated carbocycles. The van der Waals surface area contributed by atoms with Crippen molar-refractivity contribution < 1.29 is 9.13 Å². The number of hydrogen-bond acceptors (Lipinski definition) is 3. The van der Waals surface area contributed by atoms with Crippen LogP contribution in [0.15, 0.2) is 16.6 Å². The van der Waals surface area contributed by atoms with Gasteiger partial charge in [-0.05, 0) is 54.0 Å². The molecule has 1 fully saturated rings. The van der Waals surface area contributed by atoms with E-state index in [1.807, 2.05) is 7.05 Å². The van der Waals surface area contributed by atoms with E-state index < -0.39 is 0 Å². The Morgan fingerprint density at radius 3 is 2.83 bits per heavy atom. The summed E-state index contributed by atoms with van der Waals surface area (Å²) in [5.74, 6) is 0.789. The molecule has 2 rings (SSSR count). The lowest BCUT2D eigenvalue weighted by Crippen LogP contribution is -2.21. The summed E-state index contributed by atoms with van der Waals surface area (Å²) in [6.45, 7) is 1.54. The normalized spacial score (nSPS) is 24.5. The van der Waals surface area contributed by atoms with Crippen LogP contribution in [0.2, 0.25) is 0 Å². The maximum absolute atomic E-state index is 14.1. The van der Waals surface area contributed by atoms with Crippen molar-refractivity contribution in [1.82, 2.24) is 4.90 Å². The summed E-state index contributed by atoms with van der Waals surface area (Å²) in [4.78, 5) is 2.14. The first kappa shape index (κ1) is 13.8. The molecule has 2 atom stereocenters. The third kappa shape index (κ3) is 2.39. The summed E-state index contributed by atoms with van der Waals surface area (Å²) >= 11 is 3.41. The molecule has 0 amide bonds. The Balaban J connectivity index is 2.41. The predicted octanol–water partition coefficient (Wildman–Crippen LogP) is 2.55. The summed E-state index contributed by atoms with van der Waals surface area (Å²) in [7, 11) is 3.57. The van der Waals surface area contributed by atoms with Gasteiger partial charge in [0.25, 0.3) is 0 Å². The molecule has 0 aliphatic carbocycles. The fourth-order valence-electron chi connectivity index (χ4n) is 2.68. The van der Waals surface area contributed by atoms with Gasteiger partial charge in [-0.3, -0.25) is 4.90 Å². The molecule has 18 heavy (non-hydrogen) atoms. The van der Waals surface area contributed by atoms with Crippen LogP contribution in [0.1, 0.15) is 18.0 Å². The molecule has 1 aliphatic rings. The summed E-state index contributed by atoms with van der Waals surface area (Å²) in [6.07, 6.45) is 0.872. The first-order valence-electron chi connectivity index (χ1n) is 6.00. The van der Waals surface area contributed by atoms with E-state index in [2.05, 4.69) is 20.8 Å².